The average Bonchev–Trinajstić information content (AvgIpc) is 2.94. The highest BCUT2D eigenvalue weighted by Crippen LogP contribution is 2.34. The van der Waals surface area contributed by atoms with E-state index in [4.69, 9.17) is 33.6 Å². The zero-order valence-electron chi connectivity index (χ0n) is 14.0. The maximum Gasteiger partial charge on any atom is 0.225 e. The lowest BCUT2D eigenvalue weighted by Gasteiger charge is -2.10. The molecule has 8 nitrogen and oxygen atoms in total. The molecule has 10 heteroatoms. The van der Waals surface area contributed by atoms with Crippen LogP contribution >= 0.6 is 23.2 Å². The van der Waals surface area contributed by atoms with Gasteiger partial charge in [0.15, 0.2) is 5.65 Å². The van der Waals surface area contributed by atoms with E-state index in [0.29, 0.717) is 34.3 Å². The molecule has 0 aliphatic rings. The van der Waals surface area contributed by atoms with E-state index in [1.54, 1.807) is 29.9 Å². The molecule has 0 aliphatic carbocycles. The van der Waals surface area contributed by atoms with Crippen LogP contribution in [0.5, 0.6) is 0 Å². The van der Waals surface area contributed by atoms with Crippen LogP contribution in [0.2, 0.25) is 10.0 Å². The van der Waals surface area contributed by atoms with Gasteiger partial charge < -0.3 is 15.7 Å². The number of nitrogens with zero attached hydrogens (tertiary/aromatic N) is 5. The fraction of sp³-hybridized carbons (Fsp3) is 0.250. The number of nitriles is 1. The molecule has 3 aromatic rings. The monoisotopic (exact) mass is 391 g/mol. The van der Waals surface area contributed by atoms with Crippen LogP contribution in [-0.4, -0.2) is 37.3 Å². The SMILES string of the molecule is C[C@@H](CO)Nc1ncc2nc(Nc3ccc(C#N)c(Cl)c3Cl)n(C)c2n1. The van der Waals surface area contributed by atoms with E-state index in [2.05, 4.69) is 25.6 Å². The number of nitrogens with one attached hydrogen (secondary N) is 2. The third kappa shape index (κ3) is 3.37. The second-order valence-electron chi connectivity index (χ2n) is 5.65. The minimum atomic E-state index is -0.169. The van der Waals surface area contributed by atoms with Crippen LogP contribution in [-0.2, 0) is 7.05 Å². The van der Waals surface area contributed by atoms with Crippen molar-refractivity contribution in [1.29, 1.82) is 5.26 Å². The Balaban J connectivity index is 1.95. The van der Waals surface area contributed by atoms with Gasteiger partial charge in [-0.25, -0.2) is 9.97 Å². The molecular weight excluding hydrogens is 377 g/mol. The molecule has 0 aliphatic heterocycles. The summed E-state index contributed by atoms with van der Waals surface area (Å²) in [5, 5.41) is 24.6. The minimum Gasteiger partial charge on any atom is -0.394 e. The first kappa shape index (κ1) is 18.2. The van der Waals surface area contributed by atoms with Crippen molar-refractivity contribution in [3.8, 4) is 6.07 Å². The summed E-state index contributed by atoms with van der Waals surface area (Å²) in [4.78, 5) is 13.1. The van der Waals surface area contributed by atoms with Crippen LogP contribution in [0.25, 0.3) is 11.2 Å². The number of benzene rings is 1. The number of fused-ring (bicyclic) bond motifs is 1. The number of hydrogen-bond acceptors (Lipinski definition) is 7. The summed E-state index contributed by atoms with van der Waals surface area (Å²) in [5.74, 6) is 0.886. The Morgan fingerprint density at radius 2 is 2.08 bits per heavy atom. The van der Waals surface area contributed by atoms with Crippen molar-refractivity contribution in [2.24, 2.45) is 7.05 Å². The van der Waals surface area contributed by atoms with Gasteiger partial charge in [0.1, 0.15) is 11.6 Å². The van der Waals surface area contributed by atoms with Crippen LogP contribution in [0.1, 0.15) is 12.5 Å². The normalized spacial score (nSPS) is 12.0. The molecule has 0 saturated heterocycles. The van der Waals surface area contributed by atoms with E-state index in [9.17, 15) is 0 Å². The van der Waals surface area contributed by atoms with Gasteiger partial charge in [0.05, 0.1) is 34.1 Å². The molecule has 2 heterocycles. The smallest absolute Gasteiger partial charge is 0.225 e. The van der Waals surface area contributed by atoms with Gasteiger partial charge >= 0.3 is 0 Å². The molecule has 0 spiro atoms. The molecule has 0 amide bonds. The summed E-state index contributed by atoms with van der Waals surface area (Å²) >= 11 is 12.3. The number of aromatic nitrogens is 4. The summed E-state index contributed by atoms with van der Waals surface area (Å²) in [6, 6.07) is 5.05. The van der Waals surface area contributed by atoms with Crippen LogP contribution < -0.4 is 10.6 Å². The first-order valence-electron chi connectivity index (χ1n) is 7.66. The van der Waals surface area contributed by atoms with Crippen molar-refractivity contribution in [2.75, 3.05) is 17.2 Å². The van der Waals surface area contributed by atoms with E-state index in [0.717, 1.165) is 0 Å². The zero-order chi connectivity index (χ0) is 18.8. The highest BCUT2D eigenvalue weighted by molar-refractivity contribution is 6.44. The van der Waals surface area contributed by atoms with Crippen molar-refractivity contribution < 1.29 is 5.11 Å². The topological polar surface area (TPSA) is 112 Å². The lowest BCUT2D eigenvalue weighted by molar-refractivity contribution is 0.281. The molecular formula is C16H15Cl2N7O. The van der Waals surface area contributed by atoms with E-state index >= 15 is 0 Å². The largest absolute Gasteiger partial charge is 0.394 e. The van der Waals surface area contributed by atoms with Crippen molar-refractivity contribution in [3.63, 3.8) is 0 Å². The molecule has 3 rings (SSSR count). The number of anilines is 3. The lowest BCUT2D eigenvalue weighted by Crippen LogP contribution is -2.20. The fourth-order valence-electron chi connectivity index (χ4n) is 2.28. The predicted octanol–water partition coefficient (Wildman–Crippen LogP) is 3.08. The number of hydrogen-bond donors (Lipinski definition) is 3. The molecule has 1 atom stereocenters. The number of aliphatic hydroxyl groups excluding tert-OH is 1. The van der Waals surface area contributed by atoms with Gasteiger partial charge in [-0.1, -0.05) is 23.2 Å². The van der Waals surface area contributed by atoms with Gasteiger partial charge in [0, 0.05) is 13.1 Å². The van der Waals surface area contributed by atoms with E-state index in [-0.39, 0.29) is 22.7 Å². The summed E-state index contributed by atoms with van der Waals surface area (Å²) in [6.07, 6.45) is 1.59. The third-order valence-electron chi connectivity index (χ3n) is 3.71. The van der Waals surface area contributed by atoms with Crippen molar-refractivity contribution in [3.05, 3.63) is 33.9 Å². The summed E-state index contributed by atoms with van der Waals surface area (Å²) in [6.45, 7) is 1.79. The Kier molecular flexibility index (Phi) is 5.13. The Labute approximate surface area is 159 Å². The highest BCUT2D eigenvalue weighted by atomic mass is 35.5. The Morgan fingerprint density at radius 3 is 2.77 bits per heavy atom. The van der Waals surface area contributed by atoms with Gasteiger partial charge in [-0.05, 0) is 19.1 Å². The first-order chi connectivity index (χ1) is 12.4. The van der Waals surface area contributed by atoms with Crippen LogP contribution in [0.15, 0.2) is 18.3 Å². The van der Waals surface area contributed by atoms with Gasteiger partial charge in [0.25, 0.3) is 0 Å². The van der Waals surface area contributed by atoms with E-state index in [1.165, 1.54) is 0 Å². The molecule has 0 unspecified atom stereocenters. The summed E-state index contributed by atoms with van der Waals surface area (Å²) in [7, 11) is 1.79. The van der Waals surface area contributed by atoms with Gasteiger partial charge in [-0.3, -0.25) is 4.57 Å². The molecule has 3 N–H and O–H groups in total. The van der Waals surface area contributed by atoms with Crippen LogP contribution in [0, 0.1) is 11.3 Å². The van der Waals surface area contributed by atoms with Crippen molar-refractivity contribution in [1.82, 2.24) is 19.5 Å². The van der Waals surface area contributed by atoms with E-state index in [1.807, 2.05) is 13.0 Å². The molecule has 1 aromatic carbocycles. The van der Waals surface area contributed by atoms with Crippen molar-refractivity contribution >= 4 is 51.9 Å². The molecule has 2 aromatic heterocycles. The van der Waals surface area contributed by atoms with Crippen LogP contribution in [0.3, 0.4) is 0 Å². The number of rotatable bonds is 5. The summed E-state index contributed by atoms with van der Waals surface area (Å²) in [5.41, 5.74) is 2.01. The maximum absolute atomic E-state index is 9.13. The van der Waals surface area contributed by atoms with E-state index < -0.39 is 0 Å². The average molecular weight is 392 g/mol. The lowest BCUT2D eigenvalue weighted by atomic mass is 10.2. The second-order valence-corrected chi connectivity index (χ2v) is 6.41. The molecule has 0 saturated carbocycles. The Hall–Kier alpha value is -2.60. The molecule has 134 valence electrons. The Bertz CT molecular complexity index is 1010. The fourth-order valence-corrected chi connectivity index (χ4v) is 2.70. The van der Waals surface area contributed by atoms with Gasteiger partial charge in [0.2, 0.25) is 11.9 Å². The minimum absolute atomic E-state index is 0.0302. The molecule has 0 fully saturated rings. The quantitative estimate of drug-likeness (QED) is 0.612. The predicted molar refractivity (Wildman–Crippen MR) is 101 cm³/mol. The van der Waals surface area contributed by atoms with Gasteiger partial charge in [-0.15, -0.1) is 0 Å². The number of imidazole rings is 1. The number of aliphatic hydroxyl groups is 1. The molecule has 0 bridgehead atoms. The summed E-state index contributed by atoms with van der Waals surface area (Å²) < 4.78 is 1.74. The highest BCUT2D eigenvalue weighted by Gasteiger charge is 2.15. The first-order valence-corrected chi connectivity index (χ1v) is 8.42. The molecule has 26 heavy (non-hydrogen) atoms. The Morgan fingerprint density at radius 1 is 1.31 bits per heavy atom. The zero-order valence-corrected chi connectivity index (χ0v) is 15.5. The van der Waals surface area contributed by atoms with Crippen LogP contribution in [0.4, 0.5) is 17.6 Å². The molecule has 0 radical (unpaired) electrons. The number of aryl methyl sites for hydroxylation is 1. The number of halogens is 2. The van der Waals surface area contributed by atoms with Crippen molar-refractivity contribution in [2.45, 2.75) is 13.0 Å². The third-order valence-corrected chi connectivity index (χ3v) is 4.59. The van der Waals surface area contributed by atoms with Gasteiger partial charge in [-0.2, -0.15) is 10.2 Å². The second kappa shape index (κ2) is 7.33. The standard InChI is InChI=1S/C16H15Cl2N7O/c1-8(7-26)21-15-20-6-11-14(24-15)25(2)16(23-11)22-10-4-3-9(5-19)12(17)13(10)18/h3-4,6,8,26H,7H2,1-2H3,(H,22,23)(H,20,21,24)/t8-/m0/s1. The maximum atomic E-state index is 9.13.